The third kappa shape index (κ3) is 2.93. The predicted octanol–water partition coefficient (Wildman–Crippen LogP) is 2.87. The van der Waals surface area contributed by atoms with Crippen molar-refractivity contribution in [1.29, 1.82) is 0 Å². The third-order valence-corrected chi connectivity index (χ3v) is 4.35. The molecule has 3 nitrogen and oxygen atoms in total. The summed E-state index contributed by atoms with van der Waals surface area (Å²) in [4.78, 5) is 0. The lowest BCUT2D eigenvalue weighted by atomic mass is 9.79. The average Bonchev–Trinajstić information content (AvgIpc) is 2.64. The van der Waals surface area contributed by atoms with Crippen LogP contribution in [0.15, 0.2) is 24.3 Å². The lowest BCUT2D eigenvalue weighted by molar-refractivity contribution is 0.00127. The van der Waals surface area contributed by atoms with Crippen molar-refractivity contribution >= 4 is 0 Å². The fourth-order valence-electron chi connectivity index (χ4n) is 3.28. The molecule has 0 aromatic heterocycles. The van der Waals surface area contributed by atoms with E-state index in [1.165, 1.54) is 5.56 Å². The summed E-state index contributed by atoms with van der Waals surface area (Å²) in [6, 6.07) is 8.23. The topological polar surface area (TPSA) is 38.7 Å². The van der Waals surface area contributed by atoms with Gasteiger partial charge in [0, 0.05) is 13.2 Å². The van der Waals surface area contributed by atoms with E-state index in [9.17, 15) is 5.11 Å². The van der Waals surface area contributed by atoms with Crippen molar-refractivity contribution in [2.24, 2.45) is 0 Å². The zero-order valence-electron chi connectivity index (χ0n) is 11.3. The van der Waals surface area contributed by atoms with Crippen molar-refractivity contribution in [3.63, 3.8) is 0 Å². The highest BCUT2D eigenvalue weighted by Crippen LogP contribution is 2.40. The first-order chi connectivity index (χ1) is 9.27. The van der Waals surface area contributed by atoms with E-state index >= 15 is 0 Å². The molecule has 1 fully saturated rings. The van der Waals surface area contributed by atoms with E-state index in [4.69, 9.17) is 9.47 Å². The average molecular weight is 262 g/mol. The van der Waals surface area contributed by atoms with E-state index in [-0.39, 0.29) is 0 Å². The van der Waals surface area contributed by atoms with Crippen LogP contribution in [-0.2, 0) is 4.74 Å². The largest absolute Gasteiger partial charge is 0.493 e. The van der Waals surface area contributed by atoms with Gasteiger partial charge in [0.15, 0.2) is 0 Å². The molecule has 19 heavy (non-hydrogen) atoms. The van der Waals surface area contributed by atoms with E-state index in [2.05, 4.69) is 12.1 Å². The lowest BCUT2D eigenvalue weighted by Gasteiger charge is -2.33. The third-order valence-electron chi connectivity index (χ3n) is 4.35. The first-order valence-electron chi connectivity index (χ1n) is 7.29. The molecule has 0 radical (unpaired) electrons. The Morgan fingerprint density at radius 2 is 2.05 bits per heavy atom. The number of ether oxygens (including phenoxy) is 2. The van der Waals surface area contributed by atoms with Gasteiger partial charge in [0.25, 0.3) is 0 Å². The minimum atomic E-state index is -0.564. The second-order valence-electron chi connectivity index (χ2n) is 5.77. The van der Waals surface area contributed by atoms with Crippen molar-refractivity contribution < 1.29 is 14.6 Å². The number of rotatable bonds is 2. The normalized spacial score (nSPS) is 31.1. The van der Waals surface area contributed by atoms with Gasteiger partial charge in [-0.05, 0) is 49.7 Å². The van der Waals surface area contributed by atoms with Gasteiger partial charge >= 0.3 is 0 Å². The smallest absolute Gasteiger partial charge is 0.122 e. The quantitative estimate of drug-likeness (QED) is 0.890. The maximum absolute atomic E-state index is 10.8. The number of hydrogen-bond donors (Lipinski definition) is 1. The van der Waals surface area contributed by atoms with Gasteiger partial charge in [0.05, 0.1) is 12.2 Å². The Morgan fingerprint density at radius 3 is 3.00 bits per heavy atom. The minimum absolute atomic E-state index is 0.410. The highest BCUT2D eigenvalue weighted by Gasteiger charge is 2.34. The van der Waals surface area contributed by atoms with Gasteiger partial charge in [-0.15, -0.1) is 0 Å². The Hall–Kier alpha value is -1.06. The molecule has 1 aromatic carbocycles. The maximum Gasteiger partial charge on any atom is 0.122 e. The molecule has 0 bridgehead atoms. The van der Waals surface area contributed by atoms with E-state index in [1.807, 2.05) is 12.1 Å². The molecule has 2 heterocycles. The summed E-state index contributed by atoms with van der Waals surface area (Å²) in [7, 11) is 0. The summed E-state index contributed by atoms with van der Waals surface area (Å²) in [5.41, 5.74) is 0.693. The molecular weight excluding hydrogens is 240 g/mol. The van der Waals surface area contributed by atoms with Gasteiger partial charge in [0.1, 0.15) is 5.75 Å². The highest BCUT2D eigenvalue weighted by molar-refractivity contribution is 5.37. The van der Waals surface area contributed by atoms with E-state index in [1.54, 1.807) is 0 Å². The number of fused-ring (bicyclic) bond motifs is 1. The summed E-state index contributed by atoms with van der Waals surface area (Å²) in [6.07, 6.45) is 4.40. The van der Waals surface area contributed by atoms with Crippen LogP contribution in [0, 0.1) is 0 Å². The molecule has 2 unspecified atom stereocenters. The first kappa shape index (κ1) is 12.9. The molecule has 2 aliphatic rings. The summed E-state index contributed by atoms with van der Waals surface area (Å²) >= 11 is 0. The Bertz CT molecular complexity index is 422. The molecule has 3 heteroatoms. The molecule has 1 saturated heterocycles. The second-order valence-corrected chi connectivity index (χ2v) is 5.77. The van der Waals surface area contributed by atoms with Crippen LogP contribution >= 0.6 is 0 Å². The van der Waals surface area contributed by atoms with Gasteiger partial charge in [-0.1, -0.05) is 18.2 Å². The van der Waals surface area contributed by atoms with E-state index in [0.29, 0.717) is 12.5 Å². The van der Waals surface area contributed by atoms with E-state index < -0.39 is 5.60 Å². The van der Waals surface area contributed by atoms with Crippen molar-refractivity contribution in [1.82, 2.24) is 0 Å². The first-order valence-corrected chi connectivity index (χ1v) is 7.29. The van der Waals surface area contributed by atoms with Gasteiger partial charge in [-0.25, -0.2) is 0 Å². The van der Waals surface area contributed by atoms with Crippen LogP contribution in [-0.4, -0.2) is 30.5 Å². The van der Waals surface area contributed by atoms with Crippen molar-refractivity contribution in [3.05, 3.63) is 29.8 Å². The van der Waals surface area contributed by atoms with Gasteiger partial charge in [-0.2, -0.15) is 0 Å². The van der Waals surface area contributed by atoms with Crippen molar-refractivity contribution in [2.75, 3.05) is 19.8 Å². The molecule has 2 aliphatic heterocycles. The molecule has 0 aliphatic carbocycles. The van der Waals surface area contributed by atoms with Gasteiger partial charge in [0.2, 0.25) is 0 Å². The standard InChI is InChI=1S/C16H22O3/c17-16(7-3-9-18-11-8-16)12-13-6-10-19-15-5-2-1-4-14(13)15/h1-2,4-5,13,17H,3,6-12H2. The molecule has 104 valence electrons. The molecular formula is C16H22O3. The number of benzene rings is 1. The fraction of sp³-hybridized carbons (Fsp3) is 0.625. The number of hydrogen-bond acceptors (Lipinski definition) is 3. The predicted molar refractivity (Wildman–Crippen MR) is 73.5 cm³/mol. The van der Waals surface area contributed by atoms with Crippen LogP contribution in [0.1, 0.15) is 43.6 Å². The number of aliphatic hydroxyl groups is 1. The summed E-state index contributed by atoms with van der Waals surface area (Å²) in [5, 5.41) is 10.8. The van der Waals surface area contributed by atoms with Crippen LogP contribution in [0.5, 0.6) is 5.75 Å². The molecule has 0 spiro atoms. The van der Waals surface area contributed by atoms with Crippen LogP contribution in [0.3, 0.4) is 0 Å². The fourth-order valence-corrected chi connectivity index (χ4v) is 3.28. The van der Waals surface area contributed by atoms with Gasteiger partial charge < -0.3 is 14.6 Å². The summed E-state index contributed by atoms with van der Waals surface area (Å²) in [5.74, 6) is 1.40. The number of para-hydroxylation sites is 1. The zero-order valence-corrected chi connectivity index (χ0v) is 11.3. The van der Waals surface area contributed by atoms with Crippen LogP contribution in [0.4, 0.5) is 0 Å². The Labute approximate surface area is 114 Å². The van der Waals surface area contributed by atoms with Crippen LogP contribution < -0.4 is 4.74 Å². The molecule has 1 aromatic rings. The lowest BCUT2D eigenvalue weighted by Crippen LogP contribution is -2.32. The summed E-state index contributed by atoms with van der Waals surface area (Å²) in [6.45, 7) is 2.22. The Balaban J connectivity index is 1.76. The highest BCUT2D eigenvalue weighted by atomic mass is 16.5. The van der Waals surface area contributed by atoms with Crippen LogP contribution in [0.25, 0.3) is 0 Å². The van der Waals surface area contributed by atoms with Crippen molar-refractivity contribution in [3.8, 4) is 5.75 Å². The monoisotopic (exact) mass is 262 g/mol. The Morgan fingerprint density at radius 1 is 1.16 bits per heavy atom. The molecule has 1 N–H and O–H groups in total. The second kappa shape index (κ2) is 5.51. The Kier molecular flexibility index (Phi) is 3.76. The zero-order chi connectivity index (χ0) is 13.1. The maximum atomic E-state index is 10.8. The molecule has 0 amide bonds. The summed E-state index contributed by atoms with van der Waals surface area (Å²) < 4.78 is 11.2. The minimum Gasteiger partial charge on any atom is -0.493 e. The van der Waals surface area contributed by atoms with Crippen LogP contribution in [0.2, 0.25) is 0 Å². The SMILES string of the molecule is OC1(CC2CCOc3ccccc32)CCCOCC1. The van der Waals surface area contributed by atoms with Gasteiger partial charge in [-0.3, -0.25) is 0 Å². The van der Waals surface area contributed by atoms with Crippen molar-refractivity contribution in [2.45, 2.75) is 43.6 Å². The molecule has 3 rings (SSSR count). The molecule has 2 atom stereocenters. The molecule has 0 saturated carbocycles. The van der Waals surface area contributed by atoms with E-state index in [0.717, 1.165) is 51.1 Å².